The minimum absolute atomic E-state index is 0.0829. The van der Waals surface area contributed by atoms with E-state index in [1.165, 1.54) is 13.2 Å². The highest BCUT2D eigenvalue weighted by molar-refractivity contribution is 5.81. The first-order valence-electron chi connectivity index (χ1n) is 9.83. The third-order valence-electron chi connectivity index (χ3n) is 4.84. The van der Waals surface area contributed by atoms with Crippen molar-refractivity contribution >= 4 is 5.91 Å². The summed E-state index contributed by atoms with van der Waals surface area (Å²) in [6.07, 6.45) is -0.722. The third kappa shape index (κ3) is 4.88. The van der Waals surface area contributed by atoms with Gasteiger partial charge in [-0.3, -0.25) is 4.79 Å². The Morgan fingerprint density at radius 1 is 1.06 bits per heavy atom. The van der Waals surface area contributed by atoms with E-state index in [1.807, 2.05) is 18.2 Å². The van der Waals surface area contributed by atoms with Gasteiger partial charge < -0.3 is 24.3 Å². The maximum Gasteiger partial charge on any atom is 0.264 e. The van der Waals surface area contributed by atoms with E-state index < -0.39 is 6.10 Å². The van der Waals surface area contributed by atoms with Gasteiger partial charge in [0.15, 0.2) is 23.0 Å². The molecule has 0 bridgehead atoms. The van der Waals surface area contributed by atoms with E-state index in [0.29, 0.717) is 28.6 Å². The fourth-order valence-corrected chi connectivity index (χ4v) is 3.16. The van der Waals surface area contributed by atoms with E-state index in [-0.39, 0.29) is 31.5 Å². The van der Waals surface area contributed by atoms with Gasteiger partial charge in [-0.15, -0.1) is 0 Å². The molecule has 1 amide bonds. The van der Waals surface area contributed by atoms with Crippen molar-refractivity contribution in [1.29, 1.82) is 0 Å². The summed E-state index contributed by atoms with van der Waals surface area (Å²) in [5, 5.41) is 2.85. The molecule has 4 rings (SSSR count). The van der Waals surface area contributed by atoms with Crippen LogP contribution in [-0.4, -0.2) is 25.7 Å². The number of carbonyl (C=O) groups is 1. The Bertz CT molecular complexity index is 1070. The number of halogens is 1. The Morgan fingerprint density at radius 3 is 2.65 bits per heavy atom. The molecule has 0 saturated heterocycles. The maximum atomic E-state index is 13.8. The fourth-order valence-electron chi connectivity index (χ4n) is 3.16. The van der Waals surface area contributed by atoms with Crippen LogP contribution in [0.2, 0.25) is 0 Å². The standard InChI is InChI=1S/C24H22FNO5/c1-28-22-12-16(10-11-20(22)29-14-17-6-2-3-7-18(17)25)13-26-24(27)23-15-30-19-8-4-5-9-21(19)31-23/h2-12,23H,13-15H2,1H3,(H,26,27). The van der Waals surface area contributed by atoms with E-state index in [9.17, 15) is 9.18 Å². The number of amides is 1. The van der Waals surface area contributed by atoms with E-state index in [0.717, 1.165) is 5.56 Å². The number of carbonyl (C=O) groups excluding carboxylic acids is 1. The lowest BCUT2D eigenvalue weighted by Crippen LogP contribution is -2.43. The summed E-state index contributed by atoms with van der Waals surface area (Å²) in [7, 11) is 1.53. The minimum atomic E-state index is -0.722. The van der Waals surface area contributed by atoms with Gasteiger partial charge in [-0.05, 0) is 35.9 Å². The second-order valence-electron chi connectivity index (χ2n) is 6.95. The number of nitrogens with one attached hydrogen (secondary N) is 1. The van der Waals surface area contributed by atoms with Crippen LogP contribution in [0, 0.1) is 5.82 Å². The first kappa shape index (κ1) is 20.5. The zero-order valence-electron chi connectivity index (χ0n) is 17.0. The van der Waals surface area contributed by atoms with E-state index >= 15 is 0 Å². The molecule has 31 heavy (non-hydrogen) atoms. The van der Waals surface area contributed by atoms with Gasteiger partial charge in [0.1, 0.15) is 19.0 Å². The van der Waals surface area contributed by atoms with Gasteiger partial charge in [-0.25, -0.2) is 4.39 Å². The fraction of sp³-hybridized carbons (Fsp3) is 0.208. The Kier molecular flexibility index (Phi) is 6.21. The zero-order chi connectivity index (χ0) is 21.6. The van der Waals surface area contributed by atoms with Crippen LogP contribution in [0.5, 0.6) is 23.0 Å². The Hall–Kier alpha value is -3.74. The molecule has 7 heteroatoms. The summed E-state index contributed by atoms with van der Waals surface area (Å²) in [5.41, 5.74) is 1.28. The molecule has 1 unspecified atom stereocenters. The van der Waals surface area contributed by atoms with Crippen LogP contribution in [0.15, 0.2) is 66.7 Å². The van der Waals surface area contributed by atoms with E-state index in [2.05, 4.69) is 5.32 Å². The predicted molar refractivity (Wildman–Crippen MR) is 112 cm³/mol. The van der Waals surface area contributed by atoms with Gasteiger partial charge in [0.2, 0.25) is 6.10 Å². The highest BCUT2D eigenvalue weighted by Crippen LogP contribution is 2.31. The summed E-state index contributed by atoms with van der Waals surface area (Å²) in [5.74, 6) is 1.57. The van der Waals surface area contributed by atoms with Crippen LogP contribution in [0.1, 0.15) is 11.1 Å². The summed E-state index contributed by atoms with van der Waals surface area (Å²) in [6, 6.07) is 19.0. The summed E-state index contributed by atoms with van der Waals surface area (Å²) < 4.78 is 36.2. The summed E-state index contributed by atoms with van der Waals surface area (Å²) in [6.45, 7) is 0.513. The van der Waals surface area contributed by atoms with E-state index in [1.54, 1.807) is 42.5 Å². The van der Waals surface area contributed by atoms with Crippen LogP contribution in [0.4, 0.5) is 4.39 Å². The van der Waals surface area contributed by atoms with Crippen LogP contribution in [0.3, 0.4) is 0 Å². The molecule has 1 aliphatic heterocycles. The normalized spacial score (nSPS) is 14.6. The zero-order valence-corrected chi connectivity index (χ0v) is 17.0. The molecule has 1 atom stereocenters. The highest BCUT2D eigenvalue weighted by atomic mass is 19.1. The molecule has 6 nitrogen and oxygen atoms in total. The number of benzene rings is 3. The molecule has 0 radical (unpaired) electrons. The quantitative estimate of drug-likeness (QED) is 0.625. The van der Waals surface area contributed by atoms with Crippen LogP contribution >= 0.6 is 0 Å². The second kappa shape index (κ2) is 9.38. The Balaban J connectivity index is 1.35. The van der Waals surface area contributed by atoms with Crippen molar-refractivity contribution in [2.45, 2.75) is 19.3 Å². The molecule has 0 spiro atoms. The van der Waals surface area contributed by atoms with Crippen LogP contribution in [-0.2, 0) is 17.9 Å². The predicted octanol–water partition coefficient (Wildman–Crippen LogP) is 3.87. The molecular weight excluding hydrogens is 401 g/mol. The van der Waals surface area contributed by atoms with Crippen molar-refractivity contribution in [3.8, 4) is 23.0 Å². The first-order valence-corrected chi connectivity index (χ1v) is 9.83. The number of methoxy groups -OCH3 is 1. The average molecular weight is 423 g/mol. The van der Waals surface area contributed by atoms with Crippen molar-refractivity contribution < 1.29 is 28.1 Å². The SMILES string of the molecule is COc1cc(CNC(=O)C2COc3ccccc3O2)ccc1OCc1ccccc1F. The number of para-hydroxylation sites is 2. The molecule has 1 heterocycles. The molecule has 3 aromatic rings. The monoisotopic (exact) mass is 423 g/mol. The lowest BCUT2D eigenvalue weighted by Gasteiger charge is -2.25. The molecular formula is C24H22FNO5. The van der Waals surface area contributed by atoms with Gasteiger partial charge in [0.05, 0.1) is 7.11 Å². The molecule has 1 N–H and O–H groups in total. The number of rotatable bonds is 7. The van der Waals surface area contributed by atoms with Crippen molar-refractivity contribution in [3.63, 3.8) is 0 Å². The smallest absolute Gasteiger partial charge is 0.264 e. The Morgan fingerprint density at radius 2 is 1.84 bits per heavy atom. The molecule has 0 fully saturated rings. The van der Waals surface area contributed by atoms with Crippen LogP contribution < -0.4 is 24.3 Å². The third-order valence-corrected chi connectivity index (χ3v) is 4.84. The van der Waals surface area contributed by atoms with Crippen molar-refractivity contribution in [3.05, 3.63) is 83.7 Å². The van der Waals surface area contributed by atoms with E-state index in [4.69, 9.17) is 18.9 Å². The van der Waals surface area contributed by atoms with Gasteiger partial charge >= 0.3 is 0 Å². The molecule has 1 aliphatic rings. The van der Waals surface area contributed by atoms with Gasteiger partial charge in [0.25, 0.3) is 5.91 Å². The average Bonchev–Trinajstić information content (AvgIpc) is 2.82. The largest absolute Gasteiger partial charge is 0.493 e. The maximum absolute atomic E-state index is 13.8. The minimum Gasteiger partial charge on any atom is -0.493 e. The first-order chi connectivity index (χ1) is 15.1. The van der Waals surface area contributed by atoms with Crippen molar-refractivity contribution in [1.82, 2.24) is 5.32 Å². The number of fused-ring (bicyclic) bond motifs is 1. The summed E-state index contributed by atoms with van der Waals surface area (Å²) >= 11 is 0. The van der Waals surface area contributed by atoms with Crippen molar-refractivity contribution in [2.24, 2.45) is 0 Å². The van der Waals surface area contributed by atoms with Gasteiger partial charge in [-0.2, -0.15) is 0 Å². The molecule has 0 saturated carbocycles. The van der Waals surface area contributed by atoms with Gasteiger partial charge in [0, 0.05) is 12.1 Å². The number of hydrogen-bond donors (Lipinski definition) is 1. The lowest BCUT2D eigenvalue weighted by molar-refractivity contribution is -0.130. The number of hydrogen-bond acceptors (Lipinski definition) is 5. The van der Waals surface area contributed by atoms with Crippen LogP contribution in [0.25, 0.3) is 0 Å². The molecule has 0 aromatic heterocycles. The topological polar surface area (TPSA) is 66.0 Å². The highest BCUT2D eigenvalue weighted by Gasteiger charge is 2.27. The molecule has 3 aromatic carbocycles. The summed E-state index contributed by atoms with van der Waals surface area (Å²) in [4.78, 5) is 12.5. The lowest BCUT2D eigenvalue weighted by atomic mass is 10.2. The Labute approximate surface area is 179 Å². The van der Waals surface area contributed by atoms with Crippen molar-refractivity contribution in [2.75, 3.05) is 13.7 Å². The number of ether oxygens (including phenoxy) is 4. The second-order valence-corrected chi connectivity index (χ2v) is 6.95. The van der Waals surface area contributed by atoms with Gasteiger partial charge in [-0.1, -0.05) is 36.4 Å². The molecule has 160 valence electrons. The molecule has 0 aliphatic carbocycles.